The quantitative estimate of drug-likeness (QED) is 0.571. The molecule has 0 radical (unpaired) electrons. The van der Waals surface area contributed by atoms with Crippen LogP contribution in [0.3, 0.4) is 0 Å². The van der Waals surface area contributed by atoms with Crippen LogP contribution in [-0.4, -0.2) is 0 Å². The van der Waals surface area contributed by atoms with Crippen molar-refractivity contribution in [1.82, 2.24) is 0 Å². The molecule has 0 unspecified atom stereocenters. The molecule has 0 nitrogen and oxygen atoms in total. The molecule has 3 atom stereocenters. The van der Waals surface area contributed by atoms with Gasteiger partial charge < -0.3 is 0 Å². The molecule has 1 fully saturated rings. The Morgan fingerprint density at radius 2 is 2.07 bits per heavy atom. The molecule has 0 bridgehead atoms. The number of fused-ring (bicyclic) bond motifs is 1. The summed E-state index contributed by atoms with van der Waals surface area (Å²) in [6, 6.07) is 0. The lowest BCUT2D eigenvalue weighted by Crippen LogP contribution is -2.27. The van der Waals surface area contributed by atoms with Crippen LogP contribution in [0.5, 0.6) is 0 Å². The van der Waals surface area contributed by atoms with Crippen LogP contribution in [0.2, 0.25) is 0 Å². The van der Waals surface area contributed by atoms with E-state index in [1.54, 1.807) is 5.57 Å². The van der Waals surface area contributed by atoms with Crippen molar-refractivity contribution in [2.24, 2.45) is 17.8 Å². The first-order valence-electron chi connectivity index (χ1n) is 6.42. The van der Waals surface area contributed by atoms with Gasteiger partial charge in [-0.15, -0.1) is 6.58 Å². The van der Waals surface area contributed by atoms with Crippen molar-refractivity contribution in [3.8, 4) is 0 Å². The molecule has 84 valence electrons. The van der Waals surface area contributed by atoms with Gasteiger partial charge in [0.25, 0.3) is 0 Å². The Balaban J connectivity index is 2.17. The van der Waals surface area contributed by atoms with E-state index >= 15 is 0 Å². The summed E-state index contributed by atoms with van der Waals surface area (Å²) in [5, 5.41) is 0. The molecule has 0 aromatic rings. The van der Waals surface area contributed by atoms with Crippen molar-refractivity contribution in [1.29, 1.82) is 0 Å². The van der Waals surface area contributed by atoms with E-state index in [0.29, 0.717) is 0 Å². The van der Waals surface area contributed by atoms with Crippen LogP contribution < -0.4 is 0 Å². The molecule has 0 amide bonds. The van der Waals surface area contributed by atoms with Gasteiger partial charge in [0.2, 0.25) is 0 Å². The Bertz CT molecular complexity index is 295. The molecule has 1 saturated carbocycles. The van der Waals surface area contributed by atoms with E-state index in [1.165, 1.54) is 37.7 Å². The lowest BCUT2D eigenvalue weighted by Gasteiger charge is -2.37. The van der Waals surface area contributed by atoms with Gasteiger partial charge in [-0.2, -0.15) is 0 Å². The van der Waals surface area contributed by atoms with Crippen LogP contribution in [0.25, 0.3) is 0 Å². The SMILES string of the molecule is C=C(C)C[C@H]1[C@@H]2CCC(C)=C2CC[C@@H]1C. The molecule has 0 saturated heterocycles. The third-order valence-electron chi connectivity index (χ3n) is 4.53. The zero-order valence-electron chi connectivity index (χ0n) is 10.5. The molecular formula is C15H24. The maximum atomic E-state index is 4.10. The zero-order chi connectivity index (χ0) is 11.0. The Morgan fingerprint density at radius 3 is 2.73 bits per heavy atom. The fourth-order valence-corrected chi connectivity index (χ4v) is 3.63. The van der Waals surface area contributed by atoms with Gasteiger partial charge >= 0.3 is 0 Å². The summed E-state index contributed by atoms with van der Waals surface area (Å²) >= 11 is 0. The minimum atomic E-state index is 0.892. The smallest absolute Gasteiger partial charge is 0.0164 e. The highest BCUT2D eigenvalue weighted by Crippen LogP contribution is 2.48. The first kappa shape index (κ1) is 11.0. The minimum Gasteiger partial charge on any atom is -0.100 e. The predicted molar refractivity (Wildman–Crippen MR) is 66.7 cm³/mol. The topological polar surface area (TPSA) is 0 Å². The average Bonchev–Trinajstić information content (AvgIpc) is 2.52. The fourth-order valence-electron chi connectivity index (χ4n) is 3.63. The summed E-state index contributed by atoms with van der Waals surface area (Å²) in [6.07, 6.45) is 6.82. The second kappa shape index (κ2) is 4.15. The number of hydrogen-bond donors (Lipinski definition) is 0. The van der Waals surface area contributed by atoms with Gasteiger partial charge in [0, 0.05) is 0 Å². The number of rotatable bonds is 2. The largest absolute Gasteiger partial charge is 0.100 e. The van der Waals surface area contributed by atoms with Crippen molar-refractivity contribution < 1.29 is 0 Å². The maximum absolute atomic E-state index is 4.10. The van der Waals surface area contributed by atoms with Crippen LogP contribution in [0.15, 0.2) is 23.3 Å². The second-order valence-corrected chi connectivity index (χ2v) is 5.79. The fraction of sp³-hybridized carbons (Fsp3) is 0.733. The van der Waals surface area contributed by atoms with Gasteiger partial charge in [-0.25, -0.2) is 0 Å². The van der Waals surface area contributed by atoms with Crippen molar-refractivity contribution in [3.05, 3.63) is 23.3 Å². The Kier molecular flexibility index (Phi) is 3.04. The van der Waals surface area contributed by atoms with Crippen molar-refractivity contribution in [3.63, 3.8) is 0 Å². The highest BCUT2D eigenvalue weighted by molar-refractivity contribution is 5.24. The van der Waals surface area contributed by atoms with Crippen molar-refractivity contribution in [2.45, 2.75) is 52.9 Å². The first-order valence-corrected chi connectivity index (χ1v) is 6.42. The maximum Gasteiger partial charge on any atom is -0.0164 e. The predicted octanol–water partition coefficient (Wildman–Crippen LogP) is 4.73. The van der Waals surface area contributed by atoms with E-state index in [4.69, 9.17) is 0 Å². The molecule has 0 heterocycles. The molecular weight excluding hydrogens is 180 g/mol. The summed E-state index contributed by atoms with van der Waals surface area (Å²) in [7, 11) is 0. The second-order valence-electron chi connectivity index (χ2n) is 5.79. The summed E-state index contributed by atoms with van der Waals surface area (Å²) in [5.41, 5.74) is 4.90. The minimum absolute atomic E-state index is 0.892. The van der Waals surface area contributed by atoms with Gasteiger partial charge in [-0.1, -0.05) is 23.6 Å². The Hall–Kier alpha value is -0.520. The normalized spacial score (nSPS) is 35.5. The molecule has 0 aromatic carbocycles. The molecule has 2 rings (SSSR count). The summed E-state index contributed by atoms with van der Waals surface area (Å²) in [6.45, 7) is 11.1. The van der Waals surface area contributed by atoms with Crippen LogP contribution in [-0.2, 0) is 0 Å². The first-order chi connectivity index (χ1) is 7.09. The lowest BCUT2D eigenvalue weighted by atomic mass is 9.68. The van der Waals surface area contributed by atoms with E-state index in [0.717, 1.165) is 17.8 Å². The summed E-state index contributed by atoms with van der Waals surface area (Å²) in [4.78, 5) is 0. The summed E-state index contributed by atoms with van der Waals surface area (Å²) < 4.78 is 0. The van der Waals surface area contributed by atoms with E-state index < -0.39 is 0 Å². The monoisotopic (exact) mass is 204 g/mol. The van der Waals surface area contributed by atoms with Gasteiger partial charge in [0.05, 0.1) is 0 Å². The van der Waals surface area contributed by atoms with Gasteiger partial charge in [-0.3, -0.25) is 0 Å². The van der Waals surface area contributed by atoms with E-state index in [2.05, 4.69) is 27.4 Å². The van der Waals surface area contributed by atoms with Gasteiger partial charge in [0.1, 0.15) is 0 Å². The Morgan fingerprint density at radius 1 is 1.33 bits per heavy atom. The Labute approximate surface area is 94.5 Å². The van der Waals surface area contributed by atoms with Crippen molar-refractivity contribution in [2.75, 3.05) is 0 Å². The molecule has 0 aliphatic heterocycles. The van der Waals surface area contributed by atoms with Crippen LogP contribution in [0, 0.1) is 17.8 Å². The molecule has 0 aromatic heterocycles. The third kappa shape index (κ3) is 2.04. The van der Waals surface area contributed by atoms with Crippen LogP contribution >= 0.6 is 0 Å². The summed E-state index contributed by atoms with van der Waals surface area (Å²) in [5.74, 6) is 2.70. The van der Waals surface area contributed by atoms with E-state index in [1.807, 2.05) is 5.57 Å². The van der Waals surface area contributed by atoms with Crippen LogP contribution in [0.1, 0.15) is 52.9 Å². The van der Waals surface area contributed by atoms with Crippen LogP contribution in [0.4, 0.5) is 0 Å². The zero-order valence-corrected chi connectivity index (χ0v) is 10.5. The lowest BCUT2D eigenvalue weighted by molar-refractivity contribution is 0.216. The molecule has 0 heteroatoms. The highest BCUT2D eigenvalue weighted by Gasteiger charge is 2.36. The van der Waals surface area contributed by atoms with Gasteiger partial charge in [0.15, 0.2) is 0 Å². The van der Waals surface area contributed by atoms with Gasteiger partial charge in [-0.05, 0) is 63.7 Å². The number of hydrogen-bond acceptors (Lipinski definition) is 0. The highest BCUT2D eigenvalue weighted by atomic mass is 14.4. The standard InChI is InChI=1S/C15H24/c1-10(2)9-15-12(4)5-7-13-11(3)6-8-14(13)15/h12,14-15H,1,5-9H2,2-4H3/t12-,14+,15+/m0/s1. The molecule has 0 spiro atoms. The van der Waals surface area contributed by atoms with E-state index in [-0.39, 0.29) is 0 Å². The average molecular weight is 204 g/mol. The molecule has 15 heavy (non-hydrogen) atoms. The van der Waals surface area contributed by atoms with E-state index in [9.17, 15) is 0 Å². The number of allylic oxidation sites excluding steroid dienone is 3. The molecule has 2 aliphatic carbocycles. The molecule has 2 aliphatic rings. The van der Waals surface area contributed by atoms with Crippen molar-refractivity contribution >= 4 is 0 Å². The third-order valence-corrected chi connectivity index (χ3v) is 4.53. The molecule has 0 N–H and O–H groups in total.